The molecule has 0 bridgehead atoms. The number of halogens is 3. The fourth-order valence-corrected chi connectivity index (χ4v) is 6.41. The Hall–Kier alpha value is 0.670. The molecule has 0 aliphatic carbocycles. The van der Waals surface area contributed by atoms with Gasteiger partial charge >= 0.3 is 0 Å². The van der Waals surface area contributed by atoms with E-state index in [4.69, 9.17) is 23.2 Å². The first-order chi connectivity index (χ1) is 8.88. The van der Waals surface area contributed by atoms with Gasteiger partial charge in [0.1, 0.15) is 9.23 Å². The first-order valence-electron chi connectivity index (χ1n) is 5.91. The zero-order valence-corrected chi connectivity index (χ0v) is 15.4. The van der Waals surface area contributed by atoms with Crippen molar-refractivity contribution in [3.05, 3.63) is 14.7 Å². The number of nitrogens with zero attached hydrogens (tertiary/aromatic N) is 1. The zero-order chi connectivity index (χ0) is 14.6. The molecule has 8 heteroatoms. The highest BCUT2D eigenvalue weighted by Crippen LogP contribution is 2.36. The van der Waals surface area contributed by atoms with Crippen molar-refractivity contribution in [2.24, 2.45) is 0 Å². The van der Waals surface area contributed by atoms with Crippen LogP contribution < -0.4 is 0 Å². The molecule has 0 saturated heterocycles. The van der Waals surface area contributed by atoms with E-state index in [-0.39, 0.29) is 15.3 Å². The van der Waals surface area contributed by atoms with Crippen LogP contribution in [0.15, 0.2) is 11.0 Å². The maximum atomic E-state index is 12.7. The second-order valence-electron chi connectivity index (χ2n) is 3.96. The van der Waals surface area contributed by atoms with E-state index in [2.05, 4.69) is 15.9 Å². The summed E-state index contributed by atoms with van der Waals surface area (Å²) in [7, 11) is -3.60. The summed E-state index contributed by atoms with van der Waals surface area (Å²) in [5.74, 6) is 0. The third kappa shape index (κ3) is 4.08. The van der Waals surface area contributed by atoms with Gasteiger partial charge in [-0.25, -0.2) is 8.42 Å². The first-order valence-corrected chi connectivity index (χ1v) is 10.0. The molecule has 0 radical (unpaired) electrons. The average molecular weight is 409 g/mol. The van der Waals surface area contributed by atoms with Crippen LogP contribution in [-0.4, -0.2) is 30.6 Å². The molecule has 1 aromatic rings. The van der Waals surface area contributed by atoms with Gasteiger partial charge in [0.05, 0.1) is 4.34 Å². The van der Waals surface area contributed by atoms with Crippen LogP contribution in [0.2, 0.25) is 8.67 Å². The Morgan fingerprint density at radius 1 is 1.37 bits per heavy atom. The van der Waals surface area contributed by atoms with Gasteiger partial charge in [0.15, 0.2) is 0 Å². The summed E-state index contributed by atoms with van der Waals surface area (Å²) in [6.07, 6.45) is 1.52. The fourth-order valence-electron chi connectivity index (χ4n) is 1.91. The maximum absolute atomic E-state index is 12.7. The molecule has 110 valence electrons. The van der Waals surface area contributed by atoms with Crippen LogP contribution in [0.4, 0.5) is 0 Å². The number of hydrogen-bond acceptors (Lipinski definition) is 3. The Morgan fingerprint density at radius 2 is 1.95 bits per heavy atom. The summed E-state index contributed by atoms with van der Waals surface area (Å²) < 4.78 is 27.5. The van der Waals surface area contributed by atoms with Gasteiger partial charge in [0.2, 0.25) is 10.0 Å². The lowest BCUT2D eigenvalue weighted by Gasteiger charge is -2.28. The molecule has 0 aromatic carbocycles. The van der Waals surface area contributed by atoms with E-state index in [1.54, 1.807) is 0 Å². The lowest BCUT2D eigenvalue weighted by molar-refractivity contribution is 0.317. The van der Waals surface area contributed by atoms with Crippen molar-refractivity contribution in [3.8, 4) is 0 Å². The van der Waals surface area contributed by atoms with Gasteiger partial charge in [-0.2, -0.15) is 4.31 Å². The van der Waals surface area contributed by atoms with Crippen LogP contribution >= 0.6 is 50.5 Å². The molecule has 3 nitrogen and oxygen atoms in total. The van der Waals surface area contributed by atoms with Gasteiger partial charge in [-0.3, -0.25) is 0 Å². The monoisotopic (exact) mass is 407 g/mol. The Morgan fingerprint density at radius 3 is 2.32 bits per heavy atom. The summed E-state index contributed by atoms with van der Waals surface area (Å²) in [6, 6.07) is 1.39. The smallest absolute Gasteiger partial charge is 0.207 e. The molecule has 0 atom stereocenters. The largest absolute Gasteiger partial charge is 0.245 e. The van der Waals surface area contributed by atoms with E-state index in [0.717, 1.165) is 24.2 Å². The van der Waals surface area contributed by atoms with Gasteiger partial charge < -0.3 is 0 Å². The predicted octanol–water partition coefficient (Wildman–Crippen LogP) is 4.63. The maximum Gasteiger partial charge on any atom is 0.245 e. The number of thiophene rings is 1. The van der Waals surface area contributed by atoms with Crippen LogP contribution in [0.3, 0.4) is 0 Å². The Bertz CT molecular complexity index is 515. The van der Waals surface area contributed by atoms with E-state index < -0.39 is 10.0 Å². The molecule has 0 unspecified atom stereocenters. The number of hydrogen-bond donors (Lipinski definition) is 0. The second-order valence-corrected chi connectivity index (χ2v) is 8.90. The number of sulfonamides is 1. The Balaban J connectivity index is 3.23. The highest BCUT2D eigenvalue weighted by molar-refractivity contribution is 9.09. The summed E-state index contributed by atoms with van der Waals surface area (Å²) in [6.45, 7) is 4.37. The molecule has 0 amide bonds. The normalized spacial score (nSPS) is 12.6. The molecule has 0 aliphatic heterocycles. The van der Waals surface area contributed by atoms with Crippen molar-refractivity contribution >= 4 is 60.5 Å². The van der Waals surface area contributed by atoms with Gasteiger partial charge in [-0.15, -0.1) is 11.3 Å². The minimum atomic E-state index is -3.60. The van der Waals surface area contributed by atoms with Crippen LogP contribution in [0, 0.1) is 0 Å². The molecule has 1 rings (SSSR count). The molecule has 0 saturated carbocycles. The van der Waals surface area contributed by atoms with Gasteiger partial charge in [0, 0.05) is 17.9 Å². The Kier molecular flexibility index (Phi) is 7.10. The fraction of sp³-hybridized carbons (Fsp3) is 0.636. The van der Waals surface area contributed by atoms with E-state index in [9.17, 15) is 8.42 Å². The van der Waals surface area contributed by atoms with Crippen molar-refractivity contribution in [1.82, 2.24) is 4.31 Å². The molecule has 0 aliphatic rings. The lowest BCUT2D eigenvalue weighted by atomic mass is 10.2. The average Bonchev–Trinajstić information content (AvgIpc) is 2.69. The van der Waals surface area contributed by atoms with Crippen LogP contribution in [0.25, 0.3) is 0 Å². The van der Waals surface area contributed by atoms with E-state index >= 15 is 0 Å². The Labute approximate surface area is 137 Å². The summed E-state index contributed by atoms with van der Waals surface area (Å²) in [4.78, 5) is 0.108. The third-order valence-corrected chi connectivity index (χ3v) is 6.93. The molecular formula is C11H16BrCl2NO2S2. The number of alkyl halides is 1. The highest BCUT2D eigenvalue weighted by atomic mass is 79.9. The molecule has 0 fully saturated rings. The number of rotatable bonds is 7. The highest BCUT2D eigenvalue weighted by Gasteiger charge is 2.32. The zero-order valence-electron chi connectivity index (χ0n) is 10.7. The van der Waals surface area contributed by atoms with E-state index in [1.165, 1.54) is 10.4 Å². The molecule has 1 heterocycles. The first kappa shape index (κ1) is 17.7. The summed E-state index contributed by atoms with van der Waals surface area (Å²) >= 11 is 16.2. The van der Waals surface area contributed by atoms with Crippen molar-refractivity contribution in [3.63, 3.8) is 0 Å². The van der Waals surface area contributed by atoms with Crippen molar-refractivity contribution < 1.29 is 8.42 Å². The third-order valence-electron chi connectivity index (χ3n) is 2.87. The quantitative estimate of drug-likeness (QED) is 0.616. The van der Waals surface area contributed by atoms with Gasteiger partial charge in [-0.1, -0.05) is 53.0 Å². The lowest BCUT2D eigenvalue weighted by Crippen LogP contribution is -2.40. The summed E-state index contributed by atoms with van der Waals surface area (Å²) in [5, 5.41) is 0.582. The molecule has 0 N–H and O–H groups in total. The molecule has 19 heavy (non-hydrogen) atoms. The minimum Gasteiger partial charge on any atom is -0.207 e. The SMILES string of the molecule is CCC(CC)N(CCBr)S(=O)(=O)c1cc(Cl)sc1Cl. The van der Waals surface area contributed by atoms with E-state index in [0.29, 0.717) is 16.2 Å². The van der Waals surface area contributed by atoms with Crippen molar-refractivity contribution in [2.75, 3.05) is 11.9 Å². The molecule has 0 spiro atoms. The van der Waals surface area contributed by atoms with Crippen molar-refractivity contribution in [2.45, 2.75) is 37.6 Å². The standard InChI is InChI=1S/C11H16BrCl2NO2S2/c1-3-8(4-2)15(6-5-12)19(16,17)9-7-10(13)18-11(9)14/h7-8H,3-6H2,1-2H3. The molecule has 1 aromatic heterocycles. The predicted molar refractivity (Wildman–Crippen MR) is 86.4 cm³/mol. The van der Waals surface area contributed by atoms with Crippen LogP contribution in [-0.2, 0) is 10.0 Å². The van der Waals surface area contributed by atoms with Crippen LogP contribution in [0.5, 0.6) is 0 Å². The van der Waals surface area contributed by atoms with Gasteiger partial charge in [-0.05, 0) is 18.9 Å². The van der Waals surface area contributed by atoms with Gasteiger partial charge in [0.25, 0.3) is 0 Å². The van der Waals surface area contributed by atoms with Crippen molar-refractivity contribution in [1.29, 1.82) is 0 Å². The summed E-state index contributed by atoms with van der Waals surface area (Å²) in [5.41, 5.74) is 0. The van der Waals surface area contributed by atoms with E-state index in [1.807, 2.05) is 13.8 Å². The van der Waals surface area contributed by atoms with Crippen LogP contribution in [0.1, 0.15) is 26.7 Å². The molecular weight excluding hydrogens is 393 g/mol. The topological polar surface area (TPSA) is 37.4 Å². The minimum absolute atomic E-state index is 0.0303. The second kappa shape index (κ2) is 7.61.